The summed E-state index contributed by atoms with van der Waals surface area (Å²) in [5, 5.41) is 19.1. The SMILES string of the molecule is COc1ccc(-c2c(C#N)[nH]c3c2CCc2ccccc2-3)cc1.COc1ccc(-c2c(C#N)[nH]c3c2CCc2ccccc2-3)cc1. The summed E-state index contributed by atoms with van der Waals surface area (Å²) in [7, 11) is 3.32. The molecule has 6 heteroatoms. The van der Waals surface area contributed by atoms with E-state index >= 15 is 0 Å². The largest absolute Gasteiger partial charge is 0.497 e. The number of rotatable bonds is 4. The molecule has 2 aliphatic rings. The molecule has 2 aromatic heterocycles. The van der Waals surface area contributed by atoms with Crippen LogP contribution in [0.5, 0.6) is 11.5 Å². The van der Waals surface area contributed by atoms with Gasteiger partial charge in [0.2, 0.25) is 0 Å². The van der Waals surface area contributed by atoms with Gasteiger partial charge in [0.1, 0.15) is 35.0 Å². The summed E-state index contributed by atoms with van der Waals surface area (Å²) in [6, 6.07) is 37.3. The summed E-state index contributed by atoms with van der Waals surface area (Å²) in [6.45, 7) is 0. The number of ether oxygens (including phenoxy) is 2. The van der Waals surface area contributed by atoms with Crippen LogP contribution < -0.4 is 9.47 Å². The number of aromatic amines is 2. The number of hydrogen-bond acceptors (Lipinski definition) is 4. The van der Waals surface area contributed by atoms with Gasteiger partial charge in [0, 0.05) is 22.3 Å². The first-order valence-electron chi connectivity index (χ1n) is 15.4. The van der Waals surface area contributed by atoms with Crippen molar-refractivity contribution in [3.05, 3.63) is 131 Å². The number of methoxy groups -OCH3 is 2. The fourth-order valence-corrected chi connectivity index (χ4v) is 6.84. The van der Waals surface area contributed by atoms with Gasteiger partial charge >= 0.3 is 0 Å². The third-order valence-electron chi connectivity index (χ3n) is 9.05. The average molecular weight is 601 g/mol. The van der Waals surface area contributed by atoms with Crippen LogP contribution in [0.15, 0.2) is 97.1 Å². The van der Waals surface area contributed by atoms with E-state index in [1.165, 1.54) is 33.4 Å². The summed E-state index contributed by atoms with van der Waals surface area (Å²) in [5.41, 5.74) is 15.2. The van der Waals surface area contributed by atoms with E-state index in [0.717, 1.165) is 70.8 Å². The van der Waals surface area contributed by atoms with Crippen LogP contribution in [0.4, 0.5) is 0 Å². The van der Waals surface area contributed by atoms with Gasteiger partial charge in [-0.3, -0.25) is 0 Å². The standard InChI is InChI=1S/2C20H16N2O/c2*1-23-15-9-6-14(7-10-15)19-17-11-8-13-4-2-3-5-16(13)20(17)22-18(19)12-21/h2*2-7,9-10,22H,8,11H2,1H3. The number of nitrogens with zero attached hydrogens (tertiary/aromatic N) is 2. The van der Waals surface area contributed by atoms with E-state index in [2.05, 4.69) is 58.5 Å². The van der Waals surface area contributed by atoms with Crippen molar-refractivity contribution in [2.24, 2.45) is 0 Å². The van der Waals surface area contributed by atoms with Crippen molar-refractivity contribution in [2.45, 2.75) is 25.7 Å². The highest BCUT2D eigenvalue weighted by Crippen LogP contribution is 2.42. The predicted molar refractivity (Wildman–Crippen MR) is 181 cm³/mol. The molecule has 0 unspecified atom stereocenters. The lowest BCUT2D eigenvalue weighted by atomic mass is 9.87. The summed E-state index contributed by atoms with van der Waals surface area (Å²) >= 11 is 0. The molecule has 6 aromatic rings. The Morgan fingerprint density at radius 2 is 0.913 bits per heavy atom. The zero-order valence-corrected chi connectivity index (χ0v) is 25.8. The number of nitriles is 2. The van der Waals surface area contributed by atoms with Crippen molar-refractivity contribution in [3.63, 3.8) is 0 Å². The van der Waals surface area contributed by atoms with Gasteiger partial charge in [-0.15, -0.1) is 0 Å². The molecular weight excluding hydrogens is 568 g/mol. The molecule has 0 aliphatic heterocycles. The van der Waals surface area contributed by atoms with Gasteiger partial charge < -0.3 is 19.4 Å². The number of fused-ring (bicyclic) bond motifs is 6. The third kappa shape index (κ3) is 5.01. The summed E-state index contributed by atoms with van der Waals surface area (Å²) in [5.74, 6) is 1.64. The van der Waals surface area contributed by atoms with Gasteiger partial charge in [0.25, 0.3) is 0 Å². The van der Waals surface area contributed by atoms with Crippen LogP contribution in [0, 0.1) is 22.7 Å². The minimum atomic E-state index is 0.636. The Morgan fingerprint density at radius 1 is 0.522 bits per heavy atom. The first-order chi connectivity index (χ1) is 22.6. The quantitative estimate of drug-likeness (QED) is 0.212. The second-order valence-corrected chi connectivity index (χ2v) is 11.5. The molecule has 8 rings (SSSR count). The molecule has 2 heterocycles. The fraction of sp³-hybridized carbons (Fsp3) is 0.150. The second-order valence-electron chi connectivity index (χ2n) is 11.5. The van der Waals surface area contributed by atoms with Crippen LogP contribution in [0.3, 0.4) is 0 Å². The molecule has 0 saturated heterocycles. The Balaban J connectivity index is 0.000000147. The van der Waals surface area contributed by atoms with E-state index < -0.39 is 0 Å². The van der Waals surface area contributed by atoms with E-state index in [4.69, 9.17) is 9.47 Å². The van der Waals surface area contributed by atoms with Crippen molar-refractivity contribution in [3.8, 4) is 68.4 Å². The Kier molecular flexibility index (Phi) is 7.62. The van der Waals surface area contributed by atoms with Crippen molar-refractivity contribution in [1.29, 1.82) is 10.5 Å². The van der Waals surface area contributed by atoms with Gasteiger partial charge in [-0.2, -0.15) is 10.5 Å². The smallest absolute Gasteiger partial charge is 0.126 e. The molecule has 46 heavy (non-hydrogen) atoms. The van der Waals surface area contributed by atoms with E-state index in [-0.39, 0.29) is 0 Å². The lowest BCUT2D eigenvalue weighted by Gasteiger charge is -2.17. The maximum Gasteiger partial charge on any atom is 0.126 e. The Hall–Kier alpha value is -5.98. The van der Waals surface area contributed by atoms with Crippen molar-refractivity contribution < 1.29 is 9.47 Å². The molecule has 0 atom stereocenters. The predicted octanol–water partition coefficient (Wildman–Crippen LogP) is 8.66. The number of nitrogens with one attached hydrogen (secondary N) is 2. The Morgan fingerprint density at radius 3 is 1.28 bits per heavy atom. The van der Waals surface area contributed by atoms with Crippen molar-refractivity contribution in [1.82, 2.24) is 9.97 Å². The molecule has 0 amide bonds. The molecular formula is C40H32N4O2. The molecule has 0 saturated carbocycles. The maximum atomic E-state index is 9.57. The summed E-state index contributed by atoms with van der Waals surface area (Å²) < 4.78 is 10.5. The molecule has 0 radical (unpaired) electrons. The van der Waals surface area contributed by atoms with Crippen LogP contribution in [0.1, 0.15) is 33.6 Å². The highest BCUT2D eigenvalue weighted by molar-refractivity contribution is 5.85. The zero-order valence-electron chi connectivity index (χ0n) is 25.8. The fourth-order valence-electron chi connectivity index (χ4n) is 6.84. The summed E-state index contributed by atoms with van der Waals surface area (Å²) in [4.78, 5) is 6.69. The van der Waals surface area contributed by atoms with Crippen LogP contribution in [-0.2, 0) is 25.7 Å². The summed E-state index contributed by atoms with van der Waals surface area (Å²) in [6.07, 6.45) is 3.92. The molecule has 224 valence electrons. The molecule has 4 aromatic carbocycles. The number of benzene rings is 4. The van der Waals surface area contributed by atoms with Crippen LogP contribution in [-0.4, -0.2) is 24.2 Å². The highest BCUT2D eigenvalue weighted by Gasteiger charge is 2.26. The normalized spacial score (nSPS) is 12.2. The van der Waals surface area contributed by atoms with Crippen LogP contribution in [0.2, 0.25) is 0 Å². The number of aryl methyl sites for hydroxylation is 2. The number of aromatic nitrogens is 2. The van der Waals surface area contributed by atoms with E-state index in [9.17, 15) is 10.5 Å². The monoisotopic (exact) mass is 600 g/mol. The Labute approximate surface area is 268 Å². The van der Waals surface area contributed by atoms with Gasteiger partial charge in [-0.05, 0) is 83.3 Å². The molecule has 0 fully saturated rings. The lowest BCUT2D eigenvalue weighted by Crippen LogP contribution is -2.03. The van der Waals surface area contributed by atoms with Crippen molar-refractivity contribution in [2.75, 3.05) is 14.2 Å². The first kappa shape index (κ1) is 28.8. The zero-order chi connectivity index (χ0) is 31.6. The second kappa shape index (κ2) is 12.2. The number of H-pyrrole nitrogens is 2. The molecule has 0 spiro atoms. The van der Waals surface area contributed by atoms with Gasteiger partial charge in [0.05, 0.1) is 25.6 Å². The van der Waals surface area contributed by atoms with Crippen molar-refractivity contribution >= 4 is 0 Å². The third-order valence-corrected chi connectivity index (χ3v) is 9.05. The number of hydrogen-bond donors (Lipinski definition) is 2. The van der Waals surface area contributed by atoms with Gasteiger partial charge in [0.15, 0.2) is 0 Å². The minimum absolute atomic E-state index is 0.636. The van der Waals surface area contributed by atoms with Gasteiger partial charge in [-0.1, -0.05) is 72.8 Å². The van der Waals surface area contributed by atoms with Gasteiger partial charge in [-0.25, -0.2) is 0 Å². The molecule has 2 aliphatic carbocycles. The van der Waals surface area contributed by atoms with Crippen LogP contribution >= 0.6 is 0 Å². The maximum absolute atomic E-state index is 9.57. The first-order valence-corrected chi connectivity index (χ1v) is 15.4. The topological polar surface area (TPSA) is 97.6 Å². The molecule has 0 bridgehead atoms. The van der Waals surface area contributed by atoms with E-state index in [0.29, 0.717) is 11.4 Å². The van der Waals surface area contributed by atoms with E-state index in [1.54, 1.807) is 14.2 Å². The molecule has 2 N–H and O–H groups in total. The Bertz CT molecular complexity index is 1980. The highest BCUT2D eigenvalue weighted by atomic mass is 16.5. The van der Waals surface area contributed by atoms with Crippen LogP contribution in [0.25, 0.3) is 44.8 Å². The van der Waals surface area contributed by atoms with E-state index in [1.807, 2.05) is 60.7 Å². The lowest BCUT2D eigenvalue weighted by molar-refractivity contribution is 0.415. The minimum Gasteiger partial charge on any atom is -0.497 e. The molecule has 6 nitrogen and oxygen atoms in total. The average Bonchev–Trinajstić information content (AvgIpc) is 3.71.